The number of halogens is 3. The Kier molecular flexibility index (Phi) is 10.3. The second kappa shape index (κ2) is 14.3. The number of aromatic amines is 1. The number of nitrogens with zero attached hydrogens (tertiary/aromatic N) is 2. The Hall–Kier alpha value is -5.53. The maximum absolute atomic E-state index is 14.4. The van der Waals surface area contributed by atoms with Crippen molar-refractivity contribution < 1.29 is 37.0 Å². The van der Waals surface area contributed by atoms with Crippen molar-refractivity contribution in [2.24, 2.45) is 5.73 Å². The maximum atomic E-state index is 14.4. The molecule has 2 heterocycles. The summed E-state index contributed by atoms with van der Waals surface area (Å²) in [5.74, 6) is -3.50. The van der Waals surface area contributed by atoms with E-state index in [1.54, 1.807) is 6.07 Å². The highest BCUT2D eigenvalue weighted by Crippen LogP contribution is 2.29. The molecule has 4 rings (SSSR count). The second-order valence-corrected chi connectivity index (χ2v) is 10.2. The monoisotopic (exact) mass is 625 g/mol. The minimum Gasteiger partial charge on any atom is -0.486 e. The van der Waals surface area contributed by atoms with Crippen LogP contribution in [0, 0.1) is 17.5 Å². The third-order valence-corrected chi connectivity index (χ3v) is 6.51. The number of benzene rings is 2. The molecule has 2 aromatic carbocycles. The summed E-state index contributed by atoms with van der Waals surface area (Å²) in [7, 11) is 2.89. The van der Waals surface area contributed by atoms with Crippen molar-refractivity contribution in [2.75, 3.05) is 19.4 Å². The highest BCUT2D eigenvalue weighted by atomic mass is 19.1. The van der Waals surface area contributed by atoms with Crippen LogP contribution in [0.25, 0.3) is 10.9 Å². The molecule has 0 radical (unpaired) electrons. The topological polar surface area (TPSA) is 149 Å². The van der Waals surface area contributed by atoms with Crippen LogP contribution < -0.4 is 21.3 Å². The van der Waals surface area contributed by atoms with Crippen LogP contribution in [0.5, 0.6) is 5.75 Å². The van der Waals surface area contributed by atoms with Crippen LogP contribution in [0.2, 0.25) is 0 Å². The van der Waals surface area contributed by atoms with Crippen molar-refractivity contribution in [1.29, 1.82) is 0 Å². The minimum absolute atomic E-state index is 0.0121. The fraction of sp³-hybridized carbons (Fsp3) is 0.226. The highest BCUT2D eigenvalue weighted by molar-refractivity contribution is 5.95. The van der Waals surface area contributed by atoms with Crippen LogP contribution >= 0.6 is 0 Å². The van der Waals surface area contributed by atoms with Gasteiger partial charge in [-0.2, -0.15) is 0 Å². The van der Waals surface area contributed by atoms with Gasteiger partial charge in [-0.3, -0.25) is 14.4 Å². The quantitative estimate of drug-likeness (QED) is 0.201. The van der Waals surface area contributed by atoms with E-state index in [9.17, 15) is 32.3 Å². The lowest BCUT2D eigenvalue weighted by Gasteiger charge is -2.19. The first kappa shape index (κ1) is 32.4. The molecule has 0 bridgehead atoms. The largest absolute Gasteiger partial charge is 0.486 e. The summed E-state index contributed by atoms with van der Waals surface area (Å²) in [5.41, 5.74) is 5.36. The Morgan fingerprint density at radius 2 is 1.87 bits per heavy atom. The molecule has 14 heteroatoms. The lowest BCUT2D eigenvalue weighted by atomic mass is 10.1. The van der Waals surface area contributed by atoms with Crippen molar-refractivity contribution in [1.82, 2.24) is 14.5 Å². The van der Waals surface area contributed by atoms with Crippen LogP contribution in [0.15, 0.2) is 71.7 Å². The summed E-state index contributed by atoms with van der Waals surface area (Å²) < 4.78 is 53.9. The smallest absolute Gasteiger partial charge is 0.410 e. The number of primary amides is 1. The first-order valence-electron chi connectivity index (χ1n) is 13.6. The van der Waals surface area contributed by atoms with Crippen LogP contribution in [0.1, 0.15) is 24.1 Å². The minimum atomic E-state index is -1.28. The number of allylic oxidation sites excluding steroid dienone is 1. The van der Waals surface area contributed by atoms with Crippen molar-refractivity contribution in [3.63, 3.8) is 0 Å². The number of ether oxygens (including phenoxy) is 2. The van der Waals surface area contributed by atoms with E-state index in [1.807, 2.05) is 0 Å². The van der Waals surface area contributed by atoms with Crippen LogP contribution in [-0.4, -0.2) is 52.6 Å². The number of carbonyl (C=O) groups excluding carboxylic acids is 3. The number of rotatable bonds is 12. The standard InChI is InChI=1S/C31H30F3N5O6/c1-38(2)31(43)45-25(7-3-4-8-27(35)40)29(41)37-24-6-5-11-39(30(24)42)16-22-13-19-12-21(33)15-26(28(19)36-22)44-17-18-9-10-20(32)14-23(18)34/h4-6,8-15,25,36H,3,7,16-17H2,1-2H3,(H2,35,40)(H,37,41). The molecule has 0 saturated carbocycles. The average molecular weight is 626 g/mol. The molecule has 236 valence electrons. The van der Waals surface area contributed by atoms with Gasteiger partial charge in [-0.25, -0.2) is 18.0 Å². The number of H-pyrrole nitrogens is 1. The average Bonchev–Trinajstić information content (AvgIpc) is 3.38. The van der Waals surface area contributed by atoms with Crippen molar-refractivity contribution in [2.45, 2.75) is 32.1 Å². The number of nitrogens with one attached hydrogen (secondary N) is 2. The molecule has 4 aromatic rings. The number of carbonyl (C=O) groups is 3. The molecule has 0 saturated heterocycles. The lowest BCUT2D eigenvalue weighted by Crippen LogP contribution is -2.37. The number of aromatic nitrogens is 2. The fourth-order valence-corrected chi connectivity index (χ4v) is 4.30. The van der Waals surface area contributed by atoms with Gasteiger partial charge in [0.25, 0.3) is 11.5 Å². The van der Waals surface area contributed by atoms with Gasteiger partial charge in [0, 0.05) is 49.1 Å². The zero-order chi connectivity index (χ0) is 32.7. The molecule has 1 unspecified atom stereocenters. The SMILES string of the molecule is CN(C)C(=O)OC(CCC=CC(N)=O)C(=O)Nc1cccn(Cc2cc3cc(F)cc(OCc4ccc(F)cc4F)c3[nH]2)c1=O. The first-order valence-corrected chi connectivity index (χ1v) is 13.6. The summed E-state index contributed by atoms with van der Waals surface area (Å²) in [4.78, 5) is 53.6. The Balaban J connectivity index is 1.52. The van der Waals surface area contributed by atoms with E-state index < -0.39 is 47.0 Å². The second-order valence-electron chi connectivity index (χ2n) is 10.2. The van der Waals surface area contributed by atoms with Gasteiger partial charge in [-0.1, -0.05) is 6.08 Å². The lowest BCUT2D eigenvalue weighted by molar-refractivity contribution is -0.124. The molecule has 0 fully saturated rings. The number of amides is 3. The zero-order valence-corrected chi connectivity index (χ0v) is 24.3. The number of hydrogen-bond donors (Lipinski definition) is 3. The number of fused-ring (bicyclic) bond motifs is 1. The molecular formula is C31H30F3N5O6. The fourth-order valence-electron chi connectivity index (χ4n) is 4.30. The van der Waals surface area contributed by atoms with Crippen LogP contribution in [0.3, 0.4) is 0 Å². The van der Waals surface area contributed by atoms with Crippen LogP contribution in [-0.2, 0) is 27.5 Å². The molecule has 4 N–H and O–H groups in total. The molecule has 45 heavy (non-hydrogen) atoms. The maximum Gasteiger partial charge on any atom is 0.410 e. The molecule has 1 atom stereocenters. The molecule has 3 amide bonds. The third-order valence-electron chi connectivity index (χ3n) is 6.51. The summed E-state index contributed by atoms with van der Waals surface area (Å²) in [5, 5.41) is 2.92. The van der Waals surface area contributed by atoms with Gasteiger partial charge in [0.05, 0.1) is 12.1 Å². The Bertz CT molecular complexity index is 1820. The Morgan fingerprint density at radius 3 is 2.58 bits per heavy atom. The Labute approximate surface area is 255 Å². The van der Waals surface area contributed by atoms with E-state index in [0.29, 0.717) is 16.6 Å². The van der Waals surface area contributed by atoms with Gasteiger partial charge >= 0.3 is 6.09 Å². The number of nitrogens with two attached hydrogens (primary N) is 1. The van der Waals surface area contributed by atoms with E-state index in [-0.39, 0.29) is 43.0 Å². The third kappa shape index (κ3) is 8.53. The summed E-state index contributed by atoms with van der Waals surface area (Å²) in [6.07, 6.45) is 2.18. The van der Waals surface area contributed by atoms with E-state index >= 15 is 0 Å². The molecule has 2 aromatic heterocycles. The number of hydrogen-bond acceptors (Lipinski definition) is 6. The van der Waals surface area contributed by atoms with Crippen molar-refractivity contribution in [3.8, 4) is 5.75 Å². The van der Waals surface area contributed by atoms with Crippen molar-refractivity contribution >= 4 is 34.5 Å². The number of pyridine rings is 1. The molecule has 11 nitrogen and oxygen atoms in total. The van der Waals surface area contributed by atoms with E-state index in [4.69, 9.17) is 15.2 Å². The van der Waals surface area contributed by atoms with E-state index in [2.05, 4.69) is 10.3 Å². The molecular weight excluding hydrogens is 595 g/mol. The molecule has 0 aliphatic heterocycles. The first-order chi connectivity index (χ1) is 21.4. The van der Waals surface area contributed by atoms with Gasteiger partial charge in [0.1, 0.15) is 35.5 Å². The zero-order valence-electron chi connectivity index (χ0n) is 24.3. The van der Waals surface area contributed by atoms with Crippen molar-refractivity contribution in [3.05, 3.63) is 106 Å². The highest BCUT2D eigenvalue weighted by Gasteiger charge is 2.24. The summed E-state index contributed by atoms with van der Waals surface area (Å²) in [6.45, 7) is -0.297. The van der Waals surface area contributed by atoms with Gasteiger partial charge in [0.15, 0.2) is 6.10 Å². The Morgan fingerprint density at radius 1 is 1.09 bits per heavy atom. The summed E-state index contributed by atoms with van der Waals surface area (Å²) in [6, 6.07) is 9.94. The van der Waals surface area contributed by atoms with Crippen LogP contribution in [0.4, 0.5) is 23.7 Å². The van der Waals surface area contributed by atoms with Gasteiger partial charge in [0.2, 0.25) is 5.91 Å². The van der Waals surface area contributed by atoms with Gasteiger partial charge < -0.3 is 35.0 Å². The molecule has 0 aliphatic rings. The van der Waals surface area contributed by atoms with E-state index in [1.165, 1.54) is 55.2 Å². The predicted molar refractivity (Wildman–Crippen MR) is 159 cm³/mol. The normalized spacial score (nSPS) is 11.8. The summed E-state index contributed by atoms with van der Waals surface area (Å²) >= 11 is 0. The molecule has 0 spiro atoms. The van der Waals surface area contributed by atoms with Gasteiger partial charge in [-0.05, 0) is 55.3 Å². The van der Waals surface area contributed by atoms with E-state index in [0.717, 1.165) is 29.2 Å². The predicted octanol–water partition coefficient (Wildman–Crippen LogP) is 4.20. The number of anilines is 1. The molecule has 0 aliphatic carbocycles. The van der Waals surface area contributed by atoms with Gasteiger partial charge in [-0.15, -0.1) is 0 Å².